The number of aryl methyl sites for hydroxylation is 1. The third kappa shape index (κ3) is 3.37. The number of hydrogen-bond donors (Lipinski definition) is 0. The minimum absolute atomic E-state index is 0.198. The van der Waals surface area contributed by atoms with E-state index in [1.165, 1.54) is 39.7 Å². The highest BCUT2D eigenvalue weighted by Crippen LogP contribution is 2.26. The van der Waals surface area contributed by atoms with Gasteiger partial charge in [0.05, 0.1) is 11.3 Å². The zero-order valence-corrected chi connectivity index (χ0v) is 16.2. The van der Waals surface area contributed by atoms with E-state index in [1.807, 2.05) is 6.92 Å². The average Bonchev–Trinajstić information content (AvgIpc) is 3.24. The van der Waals surface area contributed by atoms with E-state index < -0.39 is 0 Å². The predicted molar refractivity (Wildman–Crippen MR) is 102 cm³/mol. The van der Waals surface area contributed by atoms with Crippen LogP contribution in [0.4, 0.5) is 4.39 Å². The van der Waals surface area contributed by atoms with Crippen molar-refractivity contribution in [1.82, 2.24) is 29.4 Å². The van der Waals surface area contributed by atoms with Gasteiger partial charge >= 0.3 is 0 Å². The highest BCUT2D eigenvalue weighted by atomic mass is 32.2. The second-order valence-electron chi connectivity index (χ2n) is 5.76. The summed E-state index contributed by atoms with van der Waals surface area (Å²) < 4.78 is 17.1. The molecular weight excluding hydrogens is 387 g/mol. The largest absolute Gasteiger partial charge is 0.305 e. The lowest BCUT2D eigenvalue weighted by atomic mass is 10.2. The standard InChI is InChI=1S/C17H15FN6OS2/c1-3-13-22-24-14(25)8-10(19-16(24)27-13)9-26-17-21-20-15(23(17)2)11-6-4-5-7-12(11)18/h4-8H,3,9H2,1-2H3. The summed E-state index contributed by atoms with van der Waals surface area (Å²) >= 11 is 2.80. The van der Waals surface area contributed by atoms with Gasteiger partial charge in [-0.05, 0) is 18.6 Å². The summed E-state index contributed by atoms with van der Waals surface area (Å²) in [6.45, 7) is 1.99. The molecule has 3 heterocycles. The van der Waals surface area contributed by atoms with Crippen molar-refractivity contribution in [3.05, 3.63) is 57.2 Å². The molecule has 27 heavy (non-hydrogen) atoms. The SMILES string of the molecule is CCc1nn2c(=O)cc(CSc3nnc(-c4ccccc4F)n3C)nc2s1. The highest BCUT2D eigenvalue weighted by molar-refractivity contribution is 7.98. The molecule has 4 aromatic rings. The van der Waals surface area contributed by atoms with E-state index in [2.05, 4.69) is 20.3 Å². The van der Waals surface area contributed by atoms with Crippen molar-refractivity contribution in [2.24, 2.45) is 7.05 Å². The molecule has 1 aromatic carbocycles. The molecule has 4 rings (SSSR count). The van der Waals surface area contributed by atoms with Gasteiger partial charge in [0.1, 0.15) is 10.8 Å². The van der Waals surface area contributed by atoms with Crippen LogP contribution in [0.15, 0.2) is 40.3 Å². The molecule has 0 spiro atoms. The summed E-state index contributed by atoms with van der Waals surface area (Å²) in [7, 11) is 1.78. The number of benzene rings is 1. The van der Waals surface area contributed by atoms with Crippen LogP contribution in [0.1, 0.15) is 17.6 Å². The third-order valence-corrected chi connectivity index (χ3v) is 6.05. The average molecular weight is 402 g/mol. The Morgan fingerprint density at radius 2 is 2.07 bits per heavy atom. The van der Waals surface area contributed by atoms with Crippen LogP contribution >= 0.6 is 23.1 Å². The lowest BCUT2D eigenvalue weighted by Crippen LogP contribution is -2.15. The van der Waals surface area contributed by atoms with E-state index in [0.717, 1.165) is 11.4 Å². The molecule has 0 radical (unpaired) electrons. The van der Waals surface area contributed by atoms with E-state index in [4.69, 9.17) is 0 Å². The van der Waals surface area contributed by atoms with Crippen molar-refractivity contribution in [2.75, 3.05) is 0 Å². The first-order valence-electron chi connectivity index (χ1n) is 8.22. The maximum Gasteiger partial charge on any atom is 0.275 e. The minimum Gasteiger partial charge on any atom is -0.305 e. The first kappa shape index (κ1) is 17.8. The maximum absolute atomic E-state index is 14.0. The number of hydrogen-bond acceptors (Lipinski definition) is 7. The predicted octanol–water partition coefficient (Wildman–Crippen LogP) is 2.94. The van der Waals surface area contributed by atoms with Gasteiger partial charge in [-0.3, -0.25) is 4.79 Å². The topological polar surface area (TPSA) is 78.0 Å². The number of nitrogens with zero attached hydrogens (tertiary/aromatic N) is 6. The molecule has 0 amide bonds. The van der Waals surface area contributed by atoms with Crippen molar-refractivity contribution in [1.29, 1.82) is 0 Å². The fourth-order valence-electron chi connectivity index (χ4n) is 2.57. The Balaban J connectivity index is 1.58. The van der Waals surface area contributed by atoms with Gasteiger partial charge in [0.15, 0.2) is 11.0 Å². The summed E-state index contributed by atoms with van der Waals surface area (Å²) in [5.74, 6) is 0.560. The highest BCUT2D eigenvalue weighted by Gasteiger charge is 2.15. The Hall–Kier alpha value is -2.59. The fraction of sp³-hybridized carbons (Fsp3) is 0.235. The maximum atomic E-state index is 14.0. The van der Waals surface area contributed by atoms with Gasteiger partial charge in [-0.2, -0.15) is 9.61 Å². The molecule has 0 N–H and O–H groups in total. The van der Waals surface area contributed by atoms with Crippen LogP contribution in [-0.4, -0.2) is 29.4 Å². The number of thioether (sulfide) groups is 1. The van der Waals surface area contributed by atoms with Crippen molar-refractivity contribution in [2.45, 2.75) is 24.3 Å². The lowest BCUT2D eigenvalue weighted by Gasteiger charge is -2.04. The van der Waals surface area contributed by atoms with Crippen LogP contribution in [0.25, 0.3) is 16.3 Å². The van der Waals surface area contributed by atoms with Crippen LogP contribution in [-0.2, 0) is 19.2 Å². The second kappa shape index (κ2) is 7.20. The molecule has 0 bridgehead atoms. The fourth-order valence-corrected chi connectivity index (χ4v) is 4.23. The molecule has 0 fully saturated rings. The number of aromatic nitrogens is 6. The normalized spacial score (nSPS) is 11.4. The van der Waals surface area contributed by atoms with E-state index >= 15 is 0 Å². The quantitative estimate of drug-likeness (QED) is 0.478. The molecule has 10 heteroatoms. The van der Waals surface area contributed by atoms with Gasteiger partial charge in [-0.15, -0.1) is 10.2 Å². The van der Waals surface area contributed by atoms with Crippen LogP contribution in [0.2, 0.25) is 0 Å². The van der Waals surface area contributed by atoms with Crippen molar-refractivity contribution < 1.29 is 4.39 Å². The number of halogens is 1. The molecule has 0 saturated carbocycles. The van der Waals surface area contributed by atoms with E-state index in [0.29, 0.717) is 33.0 Å². The Morgan fingerprint density at radius 1 is 1.26 bits per heavy atom. The summed E-state index contributed by atoms with van der Waals surface area (Å²) in [5.41, 5.74) is 0.845. The minimum atomic E-state index is -0.346. The molecule has 0 atom stereocenters. The molecular formula is C17H15FN6OS2. The molecule has 138 valence electrons. The van der Waals surface area contributed by atoms with Crippen molar-refractivity contribution >= 4 is 28.1 Å². The van der Waals surface area contributed by atoms with E-state index in [1.54, 1.807) is 29.8 Å². The summed E-state index contributed by atoms with van der Waals surface area (Å²) in [6.07, 6.45) is 0.759. The van der Waals surface area contributed by atoms with Crippen LogP contribution in [0.3, 0.4) is 0 Å². The first-order chi connectivity index (χ1) is 13.1. The molecule has 0 aliphatic heterocycles. The number of fused-ring (bicyclic) bond motifs is 1. The van der Waals surface area contributed by atoms with Crippen LogP contribution < -0.4 is 5.56 Å². The molecule has 0 aliphatic rings. The molecule has 0 aliphatic carbocycles. The van der Waals surface area contributed by atoms with Crippen molar-refractivity contribution in [3.8, 4) is 11.4 Å². The van der Waals surface area contributed by atoms with Crippen LogP contribution in [0, 0.1) is 5.82 Å². The Kier molecular flexibility index (Phi) is 4.75. The second-order valence-corrected chi connectivity index (χ2v) is 7.75. The smallest absolute Gasteiger partial charge is 0.275 e. The summed E-state index contributed by atoms with van der Waals surface area (Å²) in [6, 6.07) is 7.93. The van der Waals surface area contributed by atoms with Gasteiger partial charge in [-0.1, -0.05) is 42.2 Å². The van der Waals surface area contributed by atoms with E-state index in [-0.39, 0.29) is 11.4 Å². The molecule has 3 aromatic heterocycles. The summed E-state index contributed by atoms with van der Waals surface area (Å²) in [4.78, 5) is 17.3. The Bertz CT molecular complexity index is 1180. The lowest BCUT2D eigenvalue weighted by molar-refractivity contribution is 0.628. The molecule has 0 saturated heterocycles. The van der Waals surface area contributed by atoms with Gasteiger partial charge in [0.2, 0.25) is 4.96 Å². The Labute approximate surface area is 161 Å². The zero-order chi connectivity index (χ0) is 19.0. The van der Waals surface area contributed by atoms with Gasteiger partial charge < -0.3 is 4.57 Å². The third-order valence-electron chi connectivity index (χ3n) is 3.94. The zero-order valence-electron chi connectivity index (χ0n) is 14.6. The monoisotopic (exact) mass is 402 g/mol. The van der Waals surface area contributed by atoms with Gasteiger partial charge in [0, 0.05) is 18.9 Å². The molecule has 7 nitrogen and oxygen atoms in total. The van der Waals surface area contributed by atoms with Gasteiger partial charge in [-0.25, -0.2) is 9.37 Å². The van der Waals surface area contributed by atoms with Crippen molar-refractivity contribution in [3.63, 3.8) is 0 Å². The summed E-state index contributed by atoms with van der Waals surface area (Å²) in [5, 5.41) is 14.0. The molecule has 0 unspecified atom stereocenters. The Morgan fingerprint density at radius 3 is 2.85 bits per heavy atom. The first-order valence-corrected chi connectivity index (χ1v) is 10.0. The van der Waals surface area contributed by atoms with Gasteiger partial charge in [0.25, 0.3) is 5.56 Å². The number of rotatable bonds is 5. The van der Waals surface area contributed by atoms with Crippen LogP contribution in [0.5, 0.6) is 0 Å². The van der Waals surface area contributed by atoms with E-state index in [9.17, 15) is 9.18 Å².